The molecule has 2 aliphatic rings. The number of halogens is 4. The van der Waals surface area contributed by atoms with E-state index in [0.29, 0.717) is 22.0 Å². The van der Waals surface area contributed by atoms with Crippen LogP contribution in [0.15, 0.2) is 30.5 Å². The van der Waals surface area contributed by atoms with E-state index >= 15 is 0 Å². The zero-order valence-electron chi connectivity index (χ0n) is 25.6. The second-order valence-corrected chi connectivity index (χ2v) is 11.2. The maximum absolute atomic E-state index is 14.9. The van der Waals surface area contributed by atoms with Crippen LogP contribution in [0, 0.1) is 5.92 Å². The number of likely N-dealkylation sites (tertiary alicyclic amines) is 1. The van der Waals surface area contributed by atoms with E-state index in [9.17, 15) is 31.9 Å². The van der Waals surface area contributed by atoms with Gasteiger partial charge in [0.05, 0.1) is 35.8 Å². The highest BCUT2D eigenvalue weighted by atomic mass is 19.3. The van der Waals surface area contributed by atoms with Gasteiger partial charge in [-0.25, -0.2) is 22.5 Å². The molecule has 10 nitrogen and oxygen atoms in total. The van der Waals surface area contributed by atoms with Crippen LogP contribution in [0.1, 0.15) is 51.6 Å². The standard InChI is InChI=1S/C28H30F4N6O4/c1-27(2,30)13-34-24(40)22-17-5-4-14(7-20(17)36-37-22)15-6-18(25(42-3)33-10-15)23(39)35-21-12-38(11-19(21)29)26(41)16-8-28(31,32)9-16/h4-7,10,16,19,21H,8-9,11-13H2,1-3H3,(H,34,40)(H,35,39)(H,36,37)/t19-,21+/m0/s1/i3D3. The summed E-state index contributed by atoms with van der Waals surface area (Å²) in [6.07, 6.45) is -1.66. The molecule has 3 heterocycles. The largest absolute Gasteiger partial charge is 0.480 e. The number of hydrogen-bond acceptors (Lipinski definition) is 6. The van der Waals surface area contributed by atoms with E-state index in [2.05, 4.69) is 25.8 Å². The molecule has 3 N–H and O–H groups in total. The summed E-state index contributed by atoms with van der Waals surface area (Å²) in [5.41, 5.74) is -0.702. The van der Waals surface area contributed by atoms with Gasteiger partial charge in [-0.15, -0.1) is 0 Å². The molecule has 1 aromatic carbocycles. The lowest BCUT2D eigenvalue weighted by atomic mass is 9.80. The molecule has 2 atom stereocenters. The molecule has 0 radical (unpaired) electrons. The highest BCUT2D eigenvalue weighted by molar-refractivity contribution is 6.05. The van der Waals surface area contributed by atoms with Gasteiger partial charge in [-0.2, -0.15) is 5.10 Å². The van der Waals surface area contributed by atoms with Crippen LogP contribution in [0.25, 0.3) is 22.0 Å². The summed E-state index contributed by atoms with van der Waals surface area (Å²) in [5, 5.41) is 12.1. The molecule has 1 saturated heterocycles. The van der Waals surface area contributed by atoms with Gasteiger partial charge in [0.2, 0.25) is 17.7 Å². The Bertz CT molecular complexity index is 1640. The van der Waals surface area contributed by atoms with Gasteiger partial charge in [0.1, 0.15) is 17.4 Å². The van der Waals surface area contributed by atoms with Crippen molar-refractivity contribution in [1.82, 2.24) is 30.7 Å². The Kier molecular flexibility index (Phi) is 6.60. The summed E-state index contributed by atoms with van der Waals surface area (Å²) in [4.78, 5) is 43.6. The summed E-state index contributed by atoms with van der Waals surface area (Å²) < 4.78 is 82.5. The van der Waals surface area contributed by atoms with Crippen LogP contribution < -0.4 is 15.4 Å². The van der Waals surface area contributed by atoms with Crippen LogP contribution in [-0.4, -0.2) is 88.3 Å². The summed E-state index contributed by atoms with van der Waals surface area (Å²) in [7, 11) is -2.98. The fourth-order valence-corrected chi connectivity index (χ4v) is 5.02. The zero-order chi connectivity index (χ0) is 32.9. The first-order chi connectivity index (χ1) is 20.9. The van der Waals surface area contributed by atoms with Crippen LogP contribution in [0.4, 0.5) is 17.6 Å². The van der Waals surface area contributed by atoms with Crippen LogP contribution in [-0.2, 0) is 4.79 Å². The number of pyridine rings is 1. The van der Waals surface area contributed by atoms with Crippen molar-refractivity contribution in [2.45, 2.75) is 50.5 Å². The van der Waals surface area contributed by atoms with Gasteiger partial charge in [0, 0.05) is 42.5 Å². The van der Waals surface area contributed by atoms with Crippen molar-refractivity contribution in [2.75, 3.05) is 26.7 Å². The lowest BCUT2D eigenvalue weighted by molar-refractivity contribution is -0.159. The second-order valence-electron chi connectivity index (χ2n) is 11.2. The number of carbonyl (C=O) groups is 3. The van der Waals surface area contributed by atoms with Crippen molar-refractivity contribution in [2.24, 2.45) is 5.92 Å². The minimum atomic E-state index is -2.98. The molecule has 224 valence electrons. The predicted molar refractivity (Wildman–Crippen MR) is 144 cm³/mol. The van der Waals surface area contributed by atoms with Gasteiger partial charge in [-0.05, 0) is 37.6 Å². The first-order valence-electron chi connectivity index (χ1n) is 14.7. The molecule has 3 amide bonds. The van der Waals surface area contributed by atoms with Gasteiger partial charge >= 0.3 is 0 Å². The molecule has 0 spiro atoms. The van der Waals surface area contributed by atoms with Crippen molar-refractivity contribution in [3.63, 3.8) is 0 Å². The topological polar surface area (TPSA) is 129 Å². The smallest absolute Gasteiger partial charge is 0.272 e. The molecule has 0 unspecified atom stereocenters. The number of benzene rings is 1. The normalized spacial score (nSPS) is 21.7. The molecule has 5 rings (SSSR count). The number of methoxy groups -OCH3 is 1. The van der Waals surface area contributed by atoms with Gasteiger partial charge in [0.15, 0.2) is 5.69 Å². The molecule has 42 heavy (non-hydrogen) atoms. The number of aromatic amines is 1. The summed E-state index contributed by atoms with van der Waals surface area (Å²) >= 11 is 0. The van der Waals surface area contributed by atoms with E-state index in [4.69, 9.17) is 8.85 Å². The number of hydrogen-bond donors (Lipinski definition) is 3. The zero-order valence-corrected chi connectivity index (χ0v) is 22.6. The molecule has 1 saturated carbocycles. The molecule has 2 aromatic heterocycles. The van der Waals surface area contributed by atoms with Crippen LogP contribution in [0.3, 0.4) is 0 Å². The van der Waals surface area contributed by atoms with Crippen LogP contribution in [0.2, 0.25) is 0 Å². The van der Waals surface area contributed by atoms with Crippen molar-refractivity contribution >= 4 is 28.6 Å². The van der Waals surface area contributed by atoms with E-state index in [1.165, 1.54) is 26.1 Å². The number of H-pyrrole nitrogens is 1. The number of alkyl halides is 4. The fraction of sp³-hybridized carbons (Fsp3) is 0.464. The molecule has 2 fully saturated rings. The highest BCUT2D eigenvalue weighted by Crippen LogP contribution is 2.43. The summed E-state index contributed by atoms with van der Waals surface area (Å²) in [5.74, 6) is -6.52. The Hall–Kier alpha value is -4.23. The number of amides is 3. The summed E-state index contributed by atoms with van der Waals surface area (Å²) in [6, 6.07) is 4.87. The Labute approximate surface area is 242 Å². The molecule has 14 heteroatoms. The van der Waals surface area contributed by atoms with Crippen molar-refractivity contribution < 1.29 is 40.8 Å². The van der Waals surface area contributed by atoms with Gasteiger partial charge < -0.3 is 20.3 Å². The summed E-state index contributed by atoms with van der Waals surface area (Å²) in [6.45, 7) is 1.77. The van der Waals surface area contributed by atoms with E-state index in [1.54, 1.807) is 18.2 Å². The number of fused-ring (bicyclic) bond motifs is 1. The highest BCUT2D eigenvalue weighted by Gasteiger charge is 2.51. The number of nitrogens with zero attached hydrogens (tertiary/aromatic N) is 3. The first kappa shape index (κ1) is 25.5. The number of rotatable bonds is 8. The molecule has 3 aromatic rings. The van der Waals surface area contributed by atoms with Crippen molar-refractivity contribution in [3.05, 3.63) is 41.7 Å². The SMILES string of the molecule is [2H]C([2H])([2H])Oc1ncc(-c2ccc3c(C(=O)NCC(C)(C)F)n[nH]c3c2)cc1C(=O)N[C@@H]1CN(C(=O)C2CC(F)(F)C2)C[C@@H]1F. The molecular formula is C28H30F4N6O4. The number of nitrogens with one attached hydrogen (secondary N) is 3. The Balaban J connectivity index is 1.36. The fourth-order valence-electron chi connectivity index (χ4n) is 5.02. The van der Waals surface area contributed by atoms with Crippen molar-refractivity contribution in [3.8, 4) is 17.0 Å². The van der Waals surface area contributed by atoms with E-state index in [-0.39, 0.29) is 24.3 Å². The van der Waals surface area contributed by atoms with E-state index in [0.717, 1.165) is 4.90 Å². The van der Waals surface area contributed by atoms with Gasteiger partial charge in [0.25, 0.3) is 11.8 Å². The van der Waals surface area contributed by atoms with E-state index in [1.807, 2.05) is 0 Å². The quantitative estimate of drug-likeness (QED) is 0.344. The average Bonchev–Trinajstić information content (AvgIpc) is 3.51. The maximum Gasteiger partial charge on any atom is 0.272 e. The lowest BCUT2D eigenvalue weighted by Crippen LogP contribution is -2.47. The lowest BCUT2D eigenvalue weighted by Gasteiger charge is -2.36. The second kappa shape index (κ2) is 10.9. The van der Waals surface area contributed by atoms with Crippen LogP contribution >= 0.6 is 0 Å². The molecule has 1 aliphatic heterocycles. The third kappa shape index (κ3) is 6.02. The average molecular weight is 594 g/mol. The Morgan fingerprint density at radius 1 is 1.19 bits per heavy atom. The number of ether oxygens (including phenoxy) is 1. The third-order valence-electron chi connectivity index (χ3n) is 7.29. The molecular weight excluding hydrogens is 560 g/mol. The van der Waals surface area contributed by atoms with Crippen LogP contribution in [0.5, 0.6) is 5.88 Å². The monoisotopic (exact) mass is 593 g/mol. The van der Waals surface area contributed by atoms with Gasteiger partial charge in [-0.3, -0.25) is 19.5 Å². The molecule has 0 bridgehead atoms. The Morgan fingerprint density at radius 2 is 1.95 bits per heavy atom. The predicted octanol–water partition coefficient (Wildman–Crippen LogP) is 3.44. The Morgan fingerprint density at radius 3 is 2.64 bits per heavy atom. The minimum Gasteiger partial charge on any atom is -0.480 e. The van der Waals surface area contributed by atoms with Gasteiger partial charge in [-0.1, -0.05) is 6.07 Å². The van der Waals surface area contributed by atoms with E-state index < -0.39 is 79.7 Å². The maximum atomic E-state index is 14.9. The number of aromatic nitrogens is 3. The third-order valence-corrected chi connectivity index (χ3v) is 7.29. The minimum absolute atomic E-state index is 0.0382. The van der Waals surface area contributed by atoms with Crippen molar-refractivity contribution in [1.29, 1.82) is 0 Å². The molecule has 1 aliphatic carbocycles. The number of carbonyl (C=O) groups excluding carboxylic acids is 3. The first-order valence-corrected chi connectivity index (χ1v) is 13.2.